The summed E-state index contributed by atoms with van der Waals surface area (Å²) in [5, 5.41) is 17.2. The van der Waals surface area contributed by atoms with Gasteiger partial charge in [0.25, 0.3) is 5.69 Å². The minimum atomic E-state index is -0.400. The molecule has 1 heterocycles. The van der Waals surface area contributed by atoms with E-state index >= 15 is 0 Å². The molecule has 1 saturated heterocycles. The van der Waals surface area contributed by atoms with Gasteiger partial charge in [0, 0.05) is 43.9 Å². The maximum Gasteiger partial charge on any atom is 0.294 e. The Balaban J connectivity index is 2.26. The quantitative estimate of drug-likeness (QED) is 0.650. The molecule has 2 N–H and O–H groups in total. The van der Waals surface area contributed by atoms with Crippen molar-refractivity contribution in [3.63, 3.8) is 0 Å². The number of nitrogens with one attached hydrogen (secondary N) is 2. The maximum absolute atomic E-state index is 11.7. The first kappa shape index (κ1) is 15.2. The van der Waals surface area contributed by atoms with E-state index in [0.717, 1.165) is 26.2 Å². The van der Waals surface area contributed by atoms with E-state index in [1.807, 2.05) is 4.90 Å². The minimum Gasteiger partial charge on any atom is -0.363 e. The van der Waals surface area contributed by atoms with E-state index in [9.17, 15) is 14.9 Å². The maximum atomic E-state index is 11.7. The Morgan fingerprint density at radius 3 is 2.62 bits per heavy atom. The molecule has 1 fully saturated rings. The molecule has 0 saturated carbocycles. The van der Waals surface area contributed by atoms with Crippen LogP contribution in [0.4, 0.5) is 17.1 Å². The lowest BCUT2D eigenvalue weighted by atomic mass is 10.1. The molecule has 7 heteroatoms. The summed E-state index contributed by atoms with van der Waals surface area (Å²) in [4.78, 5) is 24.6. The number of anilines is 2. The highest BCUT2D eigenvalue weighted by molar-refractivity contribution is 5.93. The third-order valence-corrected chi connectivity index (χ3v) is 3.42. The van der Waals surface area contributed by atoms with Crippen molar-refractivity contribution >= 4 is 23.0 Å². The normalized spacial score (nSPS) is 15.1. The summed E-state index contributed by atoms with van der Waals surface area (Å²) in [6, 6.07) is 4.85. The fourth-order valence-corrected chi connectivity index (χ4v) is 2.21. The molecule has 21 heavy (non-hydrogen) atoms. The summed E-state index contributed by atoms with van der Waals surface area (Å²) in [6.45, 7) is 6.64. The number of carbonyl (C=O) groups is 1. The molecule has 7 nitrogen and oxygen atoms in total. The van der Waals surface area contributed by atoms with Crippen molar-refractivity contribution in [3.05, 3.63) is 28.3 Å². The van der Waals surface area contributed by atoms with Crippen molar-refractivity contribution in [2.45, 2.75) is 13.8 Å². The Morgan fingerprint density at radius 2 is 2.05 bits per heavy atom. The molecular weight excluding hydrogens is 272 g/mol. The predicted octanol–water partition coefficient (Wildman–Crippen LogP) is 1.60. The lowest BCUT2D eigenvalue weighted by molar-refractivity contribution is -0.384. The molecule has 1 aliphatic rings. The first-order valence-electron chi connectivity index (χ1n) is 7.04. The highest BCUT2D eigenvalue weighted by Gasteiger charge is 2.22. The summed E-state index contributed by atoms with van der Waals surface area (Å²) in [6.07, 6.45) is 0. The lowest BCUT2D eigenvalue weighted by Crippen LogP contribution is -2.43. The fraction of sp³-hybridized carbons (Fsp3) is 0.500. The van der Waals surface area contributed by atoms with Gasteiger partial charge in [-0.1, -0.05) is 13.8 Å². The van der Waals surface area contributed by atoms with Crippen LogP contribution in [0.1, 0.15) is 13.8 Å². The average Bonchev–Trinajstić information content (AvgIpc) is 2.47. The molecule has 2 rings (SSSR count). The number of nitro groups is 1. The zero-order chi connectivity index (χ0) is 15.4. The van der Waals surface area contributed by atoms with E-state index in [1.165, 1.54) is 6.07 Å². The van der Waals surface area contributed by atoms with E-state index in [-0.39, 0.29) is 17.5 Å². The van der Waals surface area contributed by atoms with Gasteiger partial charge < -0.3 is 15.5 Å². The number of carbonyl (C=O) groups excluding carboxylic acids is 1. The number of piperazine rings is 1. The van der Waals surface area contributed by atoms with Gasteiger partial charge in [0.1, 0.15) is 5.69 Å². The van der Waals surface area contributed by atoms with Crippen LogP contribution in [0.5, 0.6) is 0 Å². The first-order valence-corrected chi connectivity index (χ1v) is 7.04. The van der Waals surface area contributed by atoms with Gasteiger partial charge in [-0.05, 0) is 12.1 Å². The molecule has 1 aliphatic heterocycles. The summed E-state index contributed by atoms with van der Waals surface area (Å²) >= 11 is 0. The van der Waals surface area contributed by atoms with Gasteiger partial charge in [0.15, 0.2) is 0 Å². The van der Waals surface area contributed by atoms with Gasteiger partial charge >= 0.3 is 0 Å². The van der Waals surface area contributed by atoms with Crippen molar-refractivity contribution < 1.29 is 9.72 Å². The monoisotopic (exact) mass is 292 g/mol. The number of benzene rings is 1. The van der Waals surface area contributed by atoms with Crippen molar-refractivity contribution in [2.75, 3.05) is 36.4 Å². The van der Waals surface area contributed by atoms with Crippen molar-refractivity contribution in [1.82, 2.24) is 5.32 Å². The van der Waals surface area contributed by atoms with Gasteiger partial charge in [-0.3, -0.25) is 14.9 Å². The Hall–Kier alpha value is -2.15. The van der Waals surface area contributed by atoms with Crippen LogP contribution >= 0.6 is 0 Å². The van der Waals surface area contributed by atoms with Crippen LogP contribution in [-0.4, -0.2) is 37.0 Å². The summed E-state index contributed by atoms with van der Waals surface area (Å²) in [5.74, 6) is -0.323. The van der Waals surface area contributed by atoms with Crippen LogP contribution in [0, 0.1) is 16.0 Å². The van der Waals surface area contributed by atoms with Gasteiger partial charge in [0.2, 0.25) is 5.91 Å². The molecule has 114 valence electrons. The third-order valence-electron chi connectivity index (χ3n) is 3.42. The van der Waals surface area contributed by atoms with Gasteiger partial charge in [-0.2, -0.15) is 0 Å². The van der Waals surface area contributed by atoms with Crippen molar-refractivity contribution in [1.29, 1.82) is 0 Å². The molecule has 0 spiro atoms. The first-order chi connectivity index (χ1) is 9.99. The Labute approximate surface area is 123 Å². The molecule has 0 atom stereocenters. The number of nitro benzene ring substituents is 1. The second-order valence-corrected chi connectivity index (χ2v) is 5.34. The Morgan fingerprint density at radius 1 is 1.38 bits per heavy atom. The van der Waals surface area contributed by atoms with E-state index in [0.29, 0.717) is 11.4 Å². The lowest BCUT2D eigenvalue weighted by Gasteiger charge is -2.29. The predicted molar refractivity (Wildman–Crippen MR) is 81.6 cm³/mol. The van der Waals surface area contributed by atoms with E-state index in [1.54, 1.807) is 26.0 Å². The number of amides is 1. The summed E-state index contributed by atoms with van der Waals surface area (Å²) in [7, 11) is 0. The molecule has 0 radical (unpaired) electrons. The molecule has 0 aromatic heterocycles. The largest absolute Gasteiger partial charge is 0.363 e. The number of nitrogens with zero attached hydrogens (tertiary/aromatic N) is 2. The zero-order valence-corrected chi connectivity index (χ0v) is 12.3. The minimum absolute atomic E-state index is 0.0263. The third kappa shape index (κ3) is 3.69. The van der Waals surface area contributed by atoms with Gasteiger partial charge in [-0.25, -0.2) is 0 Å². The average molecular weight is 292 g/mol. The van der Waals surface area contributed by atoms with E-state index < -0.39 is 4.92 Å². The van der Waals surface area contributed by atoms with Gasteiger partial charge in [-0.15, -0.1) is 0 Å². The Kier molecular flexibility index (Phi) is 4.74. The fourth-order valence-electron chi connectivity index (χ4n) is 2.21. The second kappa shape index (κ2) is 6.53. The van der Waals surface area contributed by atoms with Crippen molar-refractivity contribution in [3.8, 4) is 0 Å². The smallest absolute Gasteiger partial charge is 0.294 e. The van der Waals surface area contributed by atoms with Gasteiger partial charge in [0.05, 0.1) is 4.92 Å². The standard InChI is InChI=1S/C14H20N4O3/c1-10(2)14(19)16-11-3-4-12(13(9-11)18(20)21)17-7-5-15-6-8-17/h3-4,9-10,15H,5-8H2,1-2H3,(H,16,19). The topological polar surface area (TPSA) is 87.5 Å². The highest BCUT2D eigenvalue weighted by atomic mass is 16.6. The summed E-state index contributed by atoms with van der Waals surface area (Å²) < 4.78 is 0. The van der Waals surface area contributed by atoms with Crippen molar-refractivity contribution in [2.24, 2.45) is 5.92 Å². The van der Waals surface area contributed by atoms with Crippen LogP contribution in [0.25, 0.3) is 0 Å². The molecular formula is C14H20N4O3. The van der Waals surface area contributed by atoms with Crippen LogP contribution in [0.2, 0.25) is 0 Å². The molecule has 0 unspecified atom stereocenters. The highest BCUT2D eigenvalue weighted by Crippen LogP contribution is 2.31. The molecule has 1 aromatic rings. The Bertz CT molecular complexity index is 539. The molecule has 0 bridgehead atoms. The van der Waals surface area contributed by atoms with E-state index in [2.05, 4.69) is 10.6 Å². The van der Waals surface area contributed by atoms with Crippen LogP contribution < -0.4 is 15.5 Å². The van der Waals surface area contributed by atoms with E-state index in [4.69, 9.17) is 0 Å². The van der Waals surface area contributed by atoms with Crippen LogP contribution in [0.15, 0.2) is 18.2 Å². The SMILES string of the molecule is CC(C)C(=O)Nc1ccc(N2CCNCC2)c([N+](=O)[O-])c1. The zero-order valence-electron chi connectivity index (χ0n) is 12.3. The number of hydrogen-bond acceptors (Lipinski definition) is 5. The number of hydrogen-bond donors (Lipinski definition) is 2. The molecule has 0 aliphatic carbocycles. The molecule has 1 aromatic carbocycles. The molecule has 1 amide bonds. The van der Waals surface area contributed by atoms with Crippen LogP contribution in [-0.2, 0) is 4.79 Å². The van der Waals surface area contributed by atoms with Crippen LogP contribution in [0.3, 0.4) is 0 Å². The number of rotatable bonds is 4. The second-order valence-electron chi connectivity index (χ2n) is 5.34. The summed E-state index contributed by atoms with van der Waals surface area (Å²) in [5.41, 5.74) is 1.08.